The Bertz CT molecular complexity index is 940. The van der Waals surface area contributed by atoms with E-state index in [0.717, 1.165) is 16.3 Å². The van der Waals surface area contributed by atoms with Crippen LogP contribution in [0.1, 0.15) is 12.1 Å². The van der Waals surface area contributed by atoms with Crippen molar-refractivity contribution in [1.82, 2.24) is 4.98 Å². The molecule has 26 heavy (non-hydrogen) atoms. The molecule has 0 aliphatic carbocycles. The summed E-state index contributed by atoms with van der Waals surface area (Å²) in [5.41, 5.74) is 2.38. The van der Waals surface area contributed by atoms with Gasteiger partial charge in [-0.25, -0.2) is 9.37 Å². The highest BCUT2D eigenvalue weighted by Crippen LogP contribution is 2.34. The lowest BCUT2D eigenvalue weighted by Crippen LogP contribution is -2.12. The van der Waals surface area contributed by atoms with E-state index in [0.29, 0.717) is 30.0 Å². The number of carbonyl (C=O) groups excluding carboxylic acids is 1. The van der Waals surface area contributed by atoms with Crippen molar-refractivity contribution in [1.29, 1.82) is 0 Å². The summed E-state index contributed by atoms with van der Waals surface area (Å²) >= 11 is 1.48. The first-order valence-electron chi connectivity index (χ1n) is 8.07. The van der Waals surface area contributed by atoms with Crippen LogP contribution in [-0.2, 0) is 11.2 Å². The zero-order valence-corrected chi connectivity index (χ0v) is 14.5. The predicted molar refractivity (Wildman–Crippen MR) is 97.0 cm³/mol. The van der Waals surface area contributed by atoms with E-state index in [1.807, 2.05) is 5.38 Å². The lowest BCUT2D eigenvalue weighted by Gasteiger charge is -2.05. The maximum atomic E-state index is 13.0. The van der Waals surface area contributed by atoms with E-state index >= 15 is 0 Å². The van der Waals surface area contributed by atoms with Crippen molar-refractivity contribution in [3.8, 4) is 22.1 Å². The number of carbonyl (C=O) groups is 1. The molecule has 132 valence electrons. The fraction of sp³-hybridized carbons (Fsp3) is 0.158. The van der Waals surface area contributed by atoms with Gasteiger partial charge < -0.3 is 14.8 Å². The molecule has 3 aromatic rings. The second-order valence-corrected chi connectivity index (χ2v) is 6.63. The van der Waals surface area contributed by atoms with Crippen LogP contribution in [-0.4, -0.2) is 17.7 Å². The molecule has 0 bridgehead atoms. The SMILES string of the molecule is O=C(CCc1csc(-c2ccc(F)cc2)n1)Nc1ccc2c(c1)OCO2. The minimum absolute atomic E-state index is 0.0970. The first kappa shape index (κ1) is 16.5. The number of aromatic nitrogens is 1. The number of aryl methyl sites for hydroxylation is 1. The molecule has 5 nitrogen and oxygen atoms in total. The number of fused-ring (bicyclic) bond motifs is 1. The average molecular weight is 370 g/mol. The number of rotatable bonds is 5. The molecule has 0 atom stereocenters. The quantitative estimate of drug-likeness (QED) is 0.729. The fourth-order valence-corrected chi connectivity index (χ4v) is 3.45. The van der Waals surface area contributed by atoms with E-state index in [-0.39, 0.29) is 18.5 Å². The van der Waals surface area contributed by atoms with E-state index in [1.54, 1.807) is 30.3 Å². The van der Waals surface area contributed by atoms with Crippen LogP contribution in [0.4, 0.5) is 10.1 Å². The van der Waals surface area contributed by atoms with Crippen molar-refractivity contribution >= 4 is 22.9 Å². The van der Waals surface area contributed by atoms with Crippen LogP contribution in [0.3, 0.4) is 0 Å². The summed E-state index contributed by atoms with van der Waals surface area (Å²) in [6, 6.07) is 11.5. The van der Waals surface area contributed by atoms with Crippen LogP contribution in [0.2, 0.25) is 0 Å². The van der Waals surface area contributed by atoms with Gasteiger partial charge in [-0.15, -0.1) is 11.3 Å². The van der Waals surface area contributed by atoms with Gasteiger partial charge in [0.15, 0.2) is 11.5 Å². The average Bonchev–Trinajstić information content (AvgIpc) is 3.29. The molecular formula is C19H15FN2O3S. The smallest absolute Gasteiger partial charge is 0.231 e. The van der Waals surface area contributed by atoms with Gasteiger partial charge in [-0.3, -0.25) is 4.79 Å². The lowest BCUT2D eigenvalue weighted by atomic mass is 10.2. The highest BCUT2D eigenvalue weighted by molar-refractivity contribution is 7.13. The molecule has 1 aromatic heterocycles. The van der Waals surface area contributed by atoms with E-state index in [4.69, 9.17) is 9.47 Å². The van der Waals surface area contributed by atoms with Crippen molar-refractivity contribution in [2.45, 2.75) is 12.8 Å². The molecule has 0 unspecified atom stereocenters. The summed E-state index contributed by atoms with van der Waals surface area (Å²) < 4.78 is 23.5. The van der Waals surface area contributed by atoms with Crippen molar-refractivity contribution in [2.24, 2.45) is 0 Å². The van der Waals surface area contributed by atoms with Crippen molar-refractivity contribution in [3.63, 3.8) is 0 Å². The molecular weight excluding hydrogens is 355 g/mol. The van der Waals surface area contributed by atoms with Gasteiger partial charge in [0.2, 0.25) is 12.7 Å². The second kappa shape index (κ2) is 7.13. The van der Waals surface area contributed by atoms with Crippen LogP contribution >= 0.6 is 11.3 Å². The third-order valence-electron chi connectivity index (χ3n) is 3.91. The van der Waals surface area contributed by atoms with Crippen LogP contribution in [0.5, 0.6) is 11.5 Å². The van der Waals surface area contributed by atoms with Gasteiger partial charge in [0.1, 0.15) is 10.8 Å². The van der Waals surface area contributed by atoms with Crippen LogP contribution in [0, 0.1) is 5.82 Å². The number of thiazole rings is 1. The van der Waals surface area contributed by atoms with Gasteiger partial charge in [0.25, 0.3) is 0 Å². The second-order valence-electron chi connectivity index (χ2n) is 5.77. The van der Waals surface area contributed by atoms with E-state index in [9.17, 15) is 9.18 Å². The van der Waals surface area contributed by atoms with Gasteiger partial charge in [0, 0.05) is 29.1 Å². The number of nitrogens with zero attached hydrogens (tertiary/aromatic N) is 1. The molecule has 0 radical (unpaired) electrons. The topological polar surface area (TPSA) is 60.5 Å². The maximum absolute atomic E-state index is 13.0. The largest absolute Gasteiger partial charge is 0.454 e. The number of ether oxygens (including phenoxy) is 2. The molecule has 2 aromatic carbocycles. The summed E-state index contributed by atoms with van der Waals surface area (Å²) in [6.07, 6.45) is 0.856. The normalized spacial score (nSPS) is 12.2. The number of amides is 1. The van der Waals surface area contributed by atoms with E-state index in [2.05, 4.69) is 10.3 Å². The van der Waals surface area contributed by atoms with E-state index < -0.39 is 0 Å². The summed E-state index contributed by atoms with van der Waals surface area (Å²) in [5.74, 6) is 0.941. The number of hydrogen-bond donors (Lipinski definition) is 1. The molecule has 0 saturated carbocycles. The summed E-state index contributed by atoms with van der Waals surface area (Å²) in [5, 5.41) is 5.59. The predicted octanol–water partition coefficient (Wildman–Crippen LogP) is 4.25. The van der Waals surface area contributed by atoms with Gasteiger partial charge >= 0.3 is 0 Å². The Hall–Kier alpha value is -2.93. The third-order valence-corrected chi connectivity index (χ3v) is 4.85. The number of benzene rings is 2. The Kier molecular flexibility index (Phi) is 4.53. The molecule has 0 saturated heterocycles. The standard InChI is InChI=1S/C19H15FN2O3S/c20-13-3-1-12(2-4-13)19-22-15(10-26-19)6-8-18(23)21-14-5-7-16-17(9-14)25-11-24-16/h1-5,7,9-10H,6,8,11H2,(H,21,23). The molecule has 1 aliphatic rings. The first-order valence-corrected chi connectivity index (χ1v) is 8.95. The van der Waals surface area contributed by atoms with Crippen LogP contribution < -0.4 is 14.8 Å². The fourth-order valence-electron chi connectivity index (χ4n) is 2.59. The highest BCUT2D eigenvalue weighted by atomic mass is 32.1. The number of halogens is 1. The first-order chi connectivity index (χ1) is 12.7. The number of nitrogens with one attached hydrogen (secondary N) is 1. The number of hydrogen-bond acceptors (Lipinski definition) is 5. The van der Waals surface area contributed by atoms with Crippen molar-refractivity contribution in [2.75, 3.05) is 12.1 Å². The maximum Gasteiger partial charge on any atom is 0.231 e. The number of anilines is 1. The Morgan fingerprint density at radius 3 is 2.81 bits per heavy atom. The summed E-state index contributed by atoms with van der Waals surface area (Å²) in [6.45, 7) is 0.201. The Morgan fingerprint density at radius 2 is 1.96 bits per heavy atom. The Morgan fingerprint density at radius 1 is 1.15 bits per heavy atom. The Labute approximate surface area is 153 Å². The monoisotopic (exact) mass is 370 g/mol. The van der Waals surface area contributed by atoms with Crippen LogP contribution in [0.15, 0.2) is 47.8 Å². The molecule has 0 fully saturated rings. The van der Waals surface area contributed by atoms with Gasteiger partial charge in [0.05, 0.1) is 5.69 Å². The Balaban J connectivity index is 1.34. The van der Waals surface area contributed by atoms with Gasteiger partial charge in [-0.1, -0.05) is 0 Å². The molecule has 1 N–H and O–H groups in total. The van der Waals surface area contributed by atoms with Crippen molar-refractivity contribution < 1.29 is 18.7 Å². The van der Waals surface area contributed by atoms with Crippen LogP contribution in [0.25, 0.3) is 10.6 Å². The molecule has 7 heteroatoms. The third kappa shape index (κ3) is 3.67. The van der Waals surface area contributed by atoms with Crippen molar-refractivity contribution in [3.05, 3.63) is 59.4 Å². The molecule has 0 spiro atoms. The summed E-state index contributed by atoms with van der Waals surface area (Å²) in [7, 11) is 0. The molecule has 2 heterocycles. The summed E-state index contributed by atoms with van der Waals surface area (Å²) in [4.78, 5) is 16.7. The minimum atomic E-state index is -0.272. The highest BCUT2D eigenvalue weighted by Gasteiger charge is 2.14. The zero-order valence-electron chi connectivity index (χ0n) is 13.7. The zero-order chi connectivity index (χ0) is 17.9. The molecule has 4 rings (SSSR count). The lowest BCUT2D eigenvalue weighted by molar-refractivity contribution is -0.116. The van der Waals surface area contributed by atoms with E-state index in [1.165, 1.54) is 23.5 Å². The van der Waals surface area contributed by atoms with Gasteiger partial charge in [-0.2, -0.15) is 0 Å². The van der Waals surface area contributed by atoms with Gasteiger partial charge in [-0.05, 0) is 42.8 Å². The molecule has 1 amide bonds. The minimum Gasteiger partial charge on any atom is -0.454 e. The molecule has 1 aliphatic heterocycles.